The van der Waals surface area contributed by atoms with E-state index < -0.39 is 0 Å². The lowest BCUT2D eigenvalue weighted by molar-refractivity contribution is 0.119. The summed E-state index contributed by atoms with van der Waals surface area (Å²) in [6, 6.07) is 6.40. The van der Waals surface area contributed by atoms with Gasteiger partial charge < -0.3 is 5.73 Å². The topological polar surface area (TPSA) is 29.3 Å². The van der Waals surface area contributed by atoms with Gasteiger partial charge in [-0.3, -0.25) is 4.90 Å². The summed E-state index contributed by atoms with van der Waals surface area (Å²) in [6.45, 7) is 6.33. The van der Waals surface area contributed by atoms with Gasteiger partial charge in [0.15, 0.2) is 0 Å². The van der Waals surface area contributed by atoms with E-state index in [0.717, 1.165) is 16.0 Å². The van der Waals surface area contributed by atoms with Gasteiger partial charge in [0, 0.05) is 22.6 Å². The first-order valence-electron chi connectivity index (χ1n) is 6.37. The molecule has 0 radical (unpaired) electrons. The van der Waals surface area contributed by atoms with E-state index in [0.29, 0.717) is 6.54 Å². The first-order chi connectivity index (χ1) is 8.45. The van der Waals surface area contributed by atoms with Crippen LogP contribution in [0.15, 0.2) is 22.7 Å². The van der Waals surface area contributed by atoms with Crippen LogP contribution < -0.4 is 5.73 Å². The van der Waals surface area contributed by atoms with Crippen LogP contribution in [0.2, 0.25) is 5.02 Å². The van der Waals surface area contributed by atoms with Crippen molar-refractivity contribution in [1.29, 1.82) is 0 Å². The first kappa shape index (κ1) is 14.3. The van der Waals surface area contributed by atoms with Gasteiger partial charge in [-0.05, 0) is 66.9 Å². The molecule has 0 aromatic heterocycles. The van der Waals surface area contributed by atoms with Gasteiger partial charge in [-0.1, -0.05) is 17.7 Å². The maximum Gasteiger partial charge on any atom is 0.0551 e. The molecule has 1 fully saturated rings. The van der Waals surface area contributed by atoms with E-state index in [1.165, 1.54) is 18.4 Å². The van der Waals surface area contributed by atoms with Crippen LogP contribution in [0, 0.1) is 0 Å². The lowest BCUT2D eigenvalue weighted by Gasteiger charge is -2.38. The van der Waals surface area contributed by atoms with Crippen molar-refractivity contribution in [2.75, 3.05) is 13.1 Å². The minimum Gasteiger partial charge on any atom is -0.329 e. The van der Waals surface area contributed by atoms with Gasteiger partial charge >= 0.3 is 0 Å². The Morgan fingerprint density at radius 1 is 1.50 bits per heavy atom. The standard InChI is InChI=1S/C14H20BrClN2/c1-14(2)6-3-7-18(14)13(9-17)10-4-5-11(15)12(16)8-10/h4-5,8,13H,3,6-7,9,17H2,1-2H3. The maximum absolute atomic E-state index is 6.19. The Balaban J connectivity index is 2.30. The quantitative estimate of drug-likeness (QED) is 0.908. The third-order valence-corrected chi connectivity index (χ3v) is 5.13. The van der Waals surface area contributed by atoms with Crippen molar-refractivity contribution >= 4 is 27.5 Å². The van der Waals surface area contributed by atoms with E-state index in [1.807, 2.05) is 12.1 Å². The van der Waals surface area contributed by atoms with Gasteiger partial charge in [0.2, 0.25) is 0 Å². The third-order valence-electron chi connectivity index (χ3n) is 3.89. The Kier molecular flexibility index (Phi) is 4.37. The van der Waals surface area contributed by atoms with Crippen molar-refractivity contribution in [3.63, 3.8) is 0 Å². The zero-order valence-corrected chi connectivity index (χ0v) is 13.3. The Hall–Kier alpha value is -0.0900. The average Bonchev–Trinajstić information content (AvgIpc) is 2.65. The summed E-state index contributed by atoms with van der Waals surface area (Å²) >= 11 is 9.62. The number of hydrogen-bond donors (Lipinski definition) is 1. The van der Waals surface area contributed by atoms with Crippen molar-refractivity contribution in [2.45, 2.75) is 38.3 Å². The highest BCUT2D eigenvalue weighted by molar-refractivity contribution is 9.10. The van der Waals surface area contributed by atoms with Gasteiger partial charge in [0.05, 0.1) is 5.02 Å². The van der Waals surface area contributed by atoms with Gasteiger partial charge in [-0.2, -0.15) is 0 Å². The highest BCUT2D eigenvalue weighted by Crippen LogP contribution is 2.37. The summed E-state index contributed by atoms with van der Waals surface area (Å²) in [5.74, 6) is 0. The molecule has 1 unspecified atom stereocenters. The van der Waals surface area contributed by atoms with Crippen LogP contribution in [-0.4, -0.2) is 23.5 Å². The third kappa shape index (κ3) is 2.74. The van der Waals surface area contributed by atoms with Crippen molar-refractivity contribution in [2.24, 2.45) is 5.73 Å². The van der Waals surface area contributed by atoms with E-state index >= 15 is 0 Å². The number of halogens is 2. The fraction of sp³-hybridized carbons (Fsp3) is 0.571. The molecule has 1 atom stereocenters. The summed E-state index contributed by atoms with van der Waals surface area (Å²) in [7, 11) is 0. The molecule has 100 valence electrons. The molecule has 2 nitrogen and oxygen atoms in total. The molecule has 0 aliphatic carbocycles. The predicted octanol–water partition coefficient (Wildman–Crippen LogP) is 3.98. The van der Waals surface area contributed by atoms with Gasteiger partial charge in [0.25, 0.3) is 0 Å². The highest BCUT2D eigenvalue weighted by Gasteiger charge is 2.36. The van der Waals surface area contributed by atoms with Crippen molar-refractivity contribution < 1.29 is 0 Å². The normalized spacial score (nSPS) is 21.2. The molecular formula is C14H20BrClN2. The predicted molar refractivity (Wildman–Crippen MR) is 81.0 cm³/mol. The fourth-order valence-corrected chi connectivity index (χ4v) is 3.30. The molecule has 1 aromatic carbocycles. The van der Waals surface area contributed by atoms with E-state index in [9.17, 15) is 0 Å². The molecule has 2 rings (SSSR count). The van der Waals surface area contributed by atoms with Crippen LogP contribution in [0.25, 0.3) is 0 Å². The van der Waals surface area contributed by atoms with Crippen LogP contribution >= 0.6 is 27.5 Å². The Morgan fingerprint density at radius 2 is 2.22 bits per heavy atom. The molecule has 0 amide bonds. The zero-order chi connectivity index (χ0) is 13.3. The molecule has 1 aliphatic heterocycles. The van der Waals surface area contributed by atoms with Crippen molar-refractivity contribution in [1.82, 2.24) is 4.90 Å². The molecule has 4 heteroatoms. The summed E-state index contributed by atoms with van der Waals surface area (Å²) in [6.07, 6.45) is 2.47. The van der Waals surface area contributed by atoms with Gasteiger partial charge in [-0.15, -0.1) is 0 Å². The fourth-order valence-electron chi connectivity index (χ4n) is 2.87. The Labute approximate surface area is 123 Å². The van der Waals surface area contributed by atoms with E-state index in [1.54, 1.807) is 0 Å². The minimum atomic E-state index is 0.226. The van der Waals surface area contributed by atoms with E-state index in [-0.39, 0.29) is 11.6 Å². The van der Waals surface area contributed by atoms with Crippen LogP contribution in [-0.2, 0) is 0 Å². The second-order valence-corrected chi connectivity index (χ2v) is 6.80. The second-order valence-electron chi connectivity index (χ2n) is 5.53. The molecule has 18 heavy (non-hydrogen) atoms. The van der Waals surface area contributed by atoms with Crippen LogP contribution in [0.1, 0.15) is 38.3 Å². The summed E-state index contributed by atoms with van der Waals surface area (Å²) in [4.78, 5) is 2.51. The molecular weight excluding hydrogens is 312 g/mol. The number of rotatable bonds is 3. The molecule has 0 spiro atoms. The Morgan fingerprint density at radius 3 is 2.72 bits per heavy atom. The number of hydrogen-bond acceptors (Lipinski definition) is 2. The zero-order valence-electron chi connectivity index (χ0n) is 10.9. The van der Waals surface area contributed by atoms with Gasteiger partial charge in [-0.25, -0.2) is 0 Å². The van der Waals surface area contributed by atoms with E-state index in [2.05, 4.69) is 40.7 Å². The number of nitrogens with zero attached hydrogens (tertiary/aromatic N) is 1. The monoisotopic (exact) mass is 330 g/mol. The highest BCUT2D eigenvalue weighted by atomic mass is 79.9. The van der Waals surface area contributed by atoms with Gasteiger partial charge in [0.1, 0.15) is 0 Å². The lowest BCUT2D eigenvalue weighted by Crippen LogP contribution is -2.43. The second kappa shape index (κ2) is 5.49. The molecule has 1 aliphatic rings. The summed E-state index contributed by atoms with van der Waals surface area (Å²) in [5.41, 5.74) is 7.43. The molecule has 1 saturated heterocycles. The molecule has 1 heterocycles. The summed E-state index contributed by atoms with van der Waals surface area (Å²) in [5, 5.41) is 0.753. The first-order valence-corrected chi connectivity index (χ1v) is 7.54. The maximum atomic E-state index is 6.19. The number of likely N-dealkylation sites (tertiary alicyclic amines) is 1. The number of benzene rings is 1. The smallest absolute Gasteiger partial charge is 0.0551 e. The minimum absolute atomic E-state index is 0.226. The number of nitrogens with two attached hydrogens (primary N) is 1. The molecule has 2 N–H and O–H groups in total. The lowest BCUT2D eigenvalue weighted by atomic mass is 9.97. The largest absolute Gasteiger partial charge is 0.329 e. The van der Waals surface area contributed by atoms with Crippen LogP contribution in [0.5, 0.6) is 0 Å². The molecule has 1 aromatic rings. The van der Waals surface area contributed by atoms with Crippen molar-refractivity contribution in [3.05, 3.63) is 33.3 Å². The Bertz CT molecular complexity index is 434. The summed E-state index contributed by atoms with van der Waals surface area (Å²) < 4.78 is 0.935. The van der Waals surface area contributed by atoms with Crippen molar-refractivity contribution in [3.8, 4) is 0 Å². The van der Waals surface area contributed by atoms with Crippen LogP contribution in [0.4, 0.5) is 0 Å². The van der Waals surface area contributed by atoms with Crippen LogP contribution in [0.3, 0.4) is 0 Å². The average molecular weight is 332 g/mol. The van der Waals surface area contributed by atoms with E-state index in [4.69, 9.17) is 17.3 Å². The molecule has 0 saturated carbocycles. The molecule has 0 bridgehead atoms. The SMILES string of the molecule is CC1(C)CCCN1C(CN)c1ccc(Br)c(Cl)c1.